The lowest BCUT2D eigenvalue weighted by atomic mass is 10.1. The number of hydrogen-bond donors (Lipinski definition) is 0. The maximum atomic E-state index is 2.36. The first-order valence-electron chi connectivity index (χ1n) is 6.20. The highest BCUT2D eigenvalue weighted by Crippen LogP contribution is 2.03. The molecule has 0 saturated carbocycles. The van der Waals surface area contributed by atoms with Crippen molar-refractivity contribution in [3.8, 4) is 0 Å². The van der Waals surface area contributed by atoms with Gasteiger partial charge in [-0.3, -0.25) is 0 Å². The predicted octanol–water partition coefficient (Wildman–Crippen LogP) is 3.56. The highest BCUT2D eigenvalue weighted by atomic mass is 14.9. The molecule has 0 N–H and O–H groups in total. The number of nitrogens with zero attached hydrogens (tertiary/aromatic N) is 1. The lowest BCUT2D eigenvalue weighted by Gasteiger charge is -2.01. The van der Waals surface area contributed by atoms with Gasteiger partial charge in [0.25, 0.3) is 0 Å². The van der Waals surface area contributed by atoms with Crippen LogP contribution in [0.2, 0.25) is 0 Å². The molecular weight excluding hydrogens is 182 g/mol. The van der Waals surface area contributed by atoms with E-state index in [1.165, 1.54) is 49.9 Å². The quantitative estimate of drug-likeness (QED) is 0.495. The van der Waals surface area contributed by atoms with Gasteiger partial charge in [-0.1, -0.05) is 26.2 Å². The van der Waals surface area contributed by atoms with Gasteiger partial charge in [0.1, 0.15) is 6.54 Å². The Hall–Kier alpha value is -0.850. The van der Waals surface area contributed by atoms with E-state index in [0.717, 1.165) is 0 Å². The summed E-state index contributed by atoms with van der Waals surface area (Å²) >= 11 is 0. The van der Waals surface area contributed by atoms with E-state index in [4.69, 9.17) is 0 Å². The fourth-order valence-electron chi connectivity index (χ4n) is 1.92. The summed E-state index contributed by atoms with van der Waals surface area (Å²) in [6.07, 6.45) is 9.00. The molecule has 0 aliphatic rings. The zero-order chi connectivity index (χ0) is 11.1. The van der Waals surface area contributed by atoms with Crippen molar-refractivity contribution in [1.29, 1.82) is 0 Å². The number of unbranched alkanes of at least 4 members (excludes halogenated alkanes) is 4. The van der Waals surface area contributed by atoms with Gasteiger partial charge in [0, 0.05) is 25.5 Å². The summed E-state index contributed by atoms with van der Waals surface area (Å²) in [6.45, 7) is 7.78. The van der Waals surface area contributed by atoms with Crippen LogP contribution < -0.4 is 4.57 Å². The topological polar surface area (TPSA) is 3.88 Å². The molecule has 0 atom stereocenters. The van der Waals surface area contributed by atoms with Gasteiger partial charge in [-0.05, 0) is 18.9 Å². The summed E-state index contributed by atoms with van der Waals surface area (Å²) in [7, 11) is 0. The van der Waals surface area contributed by atoms with Crippen LogP contribution in [0.1, 0.15) is 50.3 Å². The van der Waals surface area contributed by atoms with Crippen molar-refractivity contribution in [3.05, 3.63) is 29.6 Å². The third kappa shape index (κ3) is 4.46. The Kier molecular flexibility index (Phi) is 5.38. The van der Waals surface area contributed by atoms with Crippen LogP contribution in [0.25, 0.3) is 0 Å². The van der Waals surface area contributed by atoms with Gasteiger partial charge in [-0.2, -0.15) is 0 Å². The molecule has 1 heterocycles. The Morgan fingerprint density at radius 1 is 1.07 bits per heavy atom. The van der Waals surface area contributed by atoms with E-state index < -0.39 is 0 Å². The summed E-state index contributed by atoms with van der Waals surface area (Å²) in [5.74, 6) is 0. The number of rotatable bonds is 6. The van der Waals surface area contributed by atoms with E-state index >= 15 is 0 Å². The molecule has 1 heteroatoms. The summed E-state index contributed by atoms with van der Waals surface area (Å²) in [5, 5.41) is 0. The largest absolute Gasteiger partial charge is 0.203 e. The van der Waals surface area contributed by atoms with E-state index in [1.807, 2.05) is 0 Å². The van der Waals surface area contributed by atoms with Crippen LogP contribution in [0.3, 0.4) is 0 Å². The Morgan fingerprint density at radius 2 is 1.80 bits per heavy atom. The van der Waals surface area contributed by atoms with Crippen LogP contribution in [-0.2, 0) is 6.54 Å². The van der Waals surface area contributed by atoms with Crippen LogP contribution in [0.15, 0.2) is 18.3 Å². The van der Waals surface area contributed by atoms with Crippen LogP contribution in [0.4, 0.5) is 0 Å². The van der Waals surface area contributed by atoms with E-state index in [1.54, 1.807) is 0 Å². The summed E-state index contributed by atoms with van der Waals surface area (Å²) in [5.41, 5.74) is 2.74. The highest BCUT2D eigenvalue weighted by Gasteiger charge is 2.04. The molecule has 0 bridgehead atoms. The van der Waals surface area contributed by atoms with Gasteiger partial charge in [-0.25, -0.2) is 4.57 Å². The second-order valence-electron chi connectivity index (χ2n) is 4.45. The lowest BCUT2D eigenvalue weighted by molar-refractivity contribution is -0.703. The van der Waals surface area contributed by atoms with Crippen LogP contribution in [0, 0.1) is 13.8 Å². The number of aryl methyl sites for hydroxylation is 3. The monoisotopic (exact) mass is 206 g/mol. The molecule has 0 amide bonds. The van der Waals surface area contributed by atoms with Crippen LogP contribution >= 0.6 is 0 Å². The minimum Gasteiger partial charge on any atom is -0.203 e. The van der Waals surface area contributed by atoms with E-state index in [2.05, 4.69) is 43.7 Å². The number of aromatic nitrogens is 1. The molecule has 1 aromatic rings. The van der Waals surface area contributed by atoms with E-state index in [-0.39, 0.29) is 0 Å². The average Bonchev–Trinajstić information content (AvgIpc) is 2.20. The van der Waals surface area contributed by atoms with Crippen molar-refractivity contribution >= 4 is 0 Å². The Bertz CT molecular complexity index is 291. The van der Waals surface area contributed by atoms with Gasteiger partial charge in [0.2, 0.25) is 0 Å². The molecular formula is C14H24N+. The molecule has 0 radical (unpaired) electrons. The van der Waals surface area contributed by atoms with E-state index in [9.17, 15) is 0 Å². The molecule has 0 unspecified atom stereocenters. The fourth-order valence-corrected chi connectivity index (χ4v) is 1.92. The Morgan fingerprint density at radius 3 is 2.47 bits per heavy atom. The highest BCUT2D eigenvalue weighted by molar-refractivity contribution is 5.08. The van der Waals surface area contributed by atoms with Gasteiger partial charge < -0.3 is 0 Å². The van der Waals surface area contributed by atoms with Gasteiger partial charge in [-0.15, -0.1) is 0 Å². The Balaban J connectivity index is 2.31. The van der Waals surface area contributed by atoms with Crippen molar-refractivity contribution in [1.82, 2.24) is 0 Å². The predicted molar refractivity (Wildman–Crippen MR) is 64.9 cm³/mol. The third-order valence-corrected chi connectivity index (χ3v) is 2.91. The molecule has 84 valence electrons. The van der Waals surface area contributed by atoms with Crippen molar-refractivity contribution in [2.45, 2.75) is 59.4 Å². The minimum absolute atomic E-state index is 1.18. The SMILES string of the molecule is CCCCCCC[n+]1ccc(C)cc1C. The smallest absolute Gasteiger partial charge is 0.178 e. The van der Waals surface area contributed by atoms with Crippen molar-refractivity contribution in [2.75, 3.05) is 0 Å². The zero-order valence-electron chi connectivity index (χ0n) is 10.4. The molecule has 0 aromatic carbocycles. The third-order valence-electron chi connectivity index (χ3n) is 2.91. The first kappa shape index (κ1) is 12.2. The van der Waals surface area contributed by atoms with Gasteiger partial charge >= 0.3 is 0 Å². The lowest BCUT2D eigenvalue weighted by Crippen LogP contribution is -2.36. The average molecular weight is 206 g/mol. The number of hydrogen-bond acceptors (Lipinski definition) is 0. The van der Waals surface area contributed by atoms with Crippen molar-refractivity contribution < 1.29 is 4.57 Å². The maximum absolute atomic E-state index is 2.36. The van der Waals surface area contributed by atoms with Crippen LogP contribution in [-0.4, -0.2) is 0 Å². The molecule has 0 aliphatic carbocycles. The summed E-state index contributed by atoms with van der Waals surface area (Å²) < 4.78 is 2.36. The molecule has 0 spiro atoms. The standard InChI is InChI=1S/C14H24N/c1-4-5-6-7-8-10-15-11-9-13(2)12-14(15)3/h9,11-12H,4-8,10H2,1-3H3/q+1. The second-order valence-corrected chi connectivity index (χ2v) is 4.45. The molecule has 1 nitrogen and oxygen atoms in total. The van der Waals surface area contributed by atoms with Crippen LogP contribution in [0.5, 0.6) is 0 Å². The molecule has 1 aromatic heterocycles. The first-order chi connectivity index (χ1) is 7.24. The van der Waals surface area contributed by atoms with Gasteiger partial charge in [0.15, 0.2) is 11.9 Å². The summed E-state index contributed by atoms with van der Waals surface area (Å²) in [4.78, 5) is 0. The number of pyridine rings is 1. The fraction of sp³-hybridized carbons (Fsp3) is 0.643. The Labute approximate surface area is 94.1 Å². The maximum Gasteiger partial charge on any atom is 0.178 e. The van der Waals surface area contributed by atoms with Gasteiger partial charge in [0.05, 0.1) is 0 Å². The molecule has 0 fully saturated rings. The van der Waals surface area contributed by atoms with E-state index in [0.29, 0.717) is 0 Å². The second kappa shape index (κ2) is 6.60. The molecule has 0 saturated heterocycles. The molecule has 15 heavy (non-hydrogen) atoms. The summed E-state index contributed by atoms with van der Waals surface area (Å²) in [6, 6.07) is 4.45. The zero-order valence-corrected chi connectivity index (χ0v) is 10.4. The van der Waals surface area contributed by atoms with Crippen molar-refractivity contribution in [2.24, 2.45) is 0 Å². The molecule has 1 rings (SSSR count). The molecule has 0 aliphatic heterocycles. The minimum atomic E-state index is 1.18. The first-order valence-corrected chi connectivity index (χ1v) is 6.20. The normalized spacial score (nSPS) is 10.6. The van der Waals surface area contributed by atoms with Crippen molar-refractivity contribution in [3.63, 3.8) is 0 Å².